The van der Waals surface area contributed by atoms with E-state index < -0.39 is 11.8 Å². The largest absolute Gasteiger partial charge is 0.482 e. The van der Waals surface area contributed by atoms with E-state index in [1.807, 2.05) is 35.8 Å². The van der Waals surface area contributed by atoms with Gasteiger partial charge in [0.25, 0.3) is 0 Å². The predicted octanol–water partition coefficient (Wildman–Crippen LogP) is 6.44. The molecule has 1 aliphatic rings. The molecular formula is C30H31ClFN5O3. The molecule has 208 valence electrons. The van der Waals surface area contributed by atoms with E-state index in [1.54, 1.807) is 6.20 Å². The molecule has 1 fully saturated rings. The molecule has 0 spiro atoms. The van der Waals surface area contributed by atoms with E-state index in [0.717, 1.165) is 53.6 Å². The van der Waals surface area contributed by atoms with Crippen molar-refractivity contribution in [1.29, 1.82) is 0 Å². The maximum atomic E-state index is 13.9. The molecule has 2 aromatic heterocycles. The first-order valence-electron chi connectivity index (χ1n) is 13.2. The molecule has 0 amide bonds. The van der Waals surface area contributed by atoms with Gasteiger partial charge in [-0.2, -0.15) is 5.10 Å². The van der Waals surface area contributed by atoms with E-state index in [9.17, 15) is 9.18 Å². The molecule has 3 N–H and O–H groups in total. The number of amidine groups is 1. The standard InChI is InChI=1S/C30H31ClFN5O3/c1-18-12-22(40-17-28(38)39-2)9-10-23(18)19-13-27-29(35-21-6-4-3-5-7-21)24(15-34-37(27)16-19)30(33)36-26-14-20(32)8-11-25(26)31/h8-16,21,35H,3-7,17H2,1-2H3,(H2,33,36). The number of methoxy groups -OCH3 is 1. The number of hydrogen-bond donors (Lipinski definition) is 2. The molecule has 0 radical (unpaired) electrons. The lowest BCUT2D eigenvalue weighted by molar-refractivity contribution is -0.142. The van der Waals surface area contributed by atoms with Gasteiger partial charge in [0, 0.05) is 23.9 Å². The second-order valence-electron chi connectivity index (χ2n) is 9.91. The third-order valence-corrected chi connectivity index (χ3v) is 7.43. The number of aromatic nitrogens is 2. The van der Waals surface area contributed by atoms with Gasteiger partial charge in [-0.1, -0.05) is 36.9 Å². The van der Waals surface area contributed by atoms with Crippen LogP contribution in [0.4, 0.5) is 15.8 Å². The number of halogens is 2. The summed E-state index contributed by atoms with van der Waals surface area (Å²) in [5, 5.41) is 8.64. The fourth-order valence-corrected chi connectivity index (χ4v) is 5.17. The number of nitrogens with zero attached hydrogens (tertiary/aromatic N) is 3. The zero-order valence-electron chi connectivity index (χ0n) is 22.4. The molecule has 5 rings (SSSR count). The number of nitrogens with two attached hydrogens (primary N) is 1. The normalized spacial score (nSPS) is 14.3. The summed E-state index contributed by atoms with van der Waals surface area (Å²) in [7, 11) is 1.32. The first-order valence-corrected chi connectivity index (χ1v) is 13.6. The summed E-state index contributed by atoms with van der Waals surface area (Å²) >= 11 is 6.26. The van der Waals surface area contributed by atoms with Crippen molar-refractivity contribution >= 4 is 40.3 Å². The minimum atomic E-state index is -0.446. The summed E-state index contributed by atoms with van der Waals surface area (Å²) in [6.45, 7) is 1.83. The van der Waals surface area contributed by atoms with Gasteiger partial charge in [0.05, 0.1) is 40.8 Å². The van der Waals surface area contributed by atoms with Gasteiger partial charge >= 0.3 is 5.97 Å². The number of aliphatic imine (C=N–C) groups is 1. The molecule has 2 heterocycles. The molecule has 0 atom stereocenters. The summed E-state index contributed by atoms with van der Waals surface area (Å²) in [6, 6.07) is 12.0. The van der Waals surface area contributed by atoms with Crippen molar-refractivity contribution in [3.63, 3.8) is 0 Å². The van der Waals surface area contributed by atoms with Crippen molar-refractivity contribution in [2.45, 2.75) is 45.1 Å². The Bertz CT molecular complexity index is 1580. The highest BCUT2D eigenvalue weighted by Gasteiger charge is 2.20. The molecule has 1 saturated carbocycles. The van der Waals surface area contributed by atoms with Crippen molar-refractivity contribution in [3.05, 3.63) is 76.8 Å². The van der Waals surface area contributed by atoms with E-state index in [4.69, 9.17) is 22.1 Å². The molecule has 0 aliphatic heterocycles. The van der Waals surface area contributed by atoms with E-state index in [-0.39, 0.29) is 24.2 Å². The number of esters is 1. The first-order chi connectivity index (χ1) is 19.3. The number of carbonyl (C=O) groups is 1. The monoisotopic (exact) mass is 563 g/mol. The zero-order valence-corrected chi connectivity index (χ0v) is 23.2. The van der Waals surface area contributed by atoms with Crippen LogP contribution in [0.15, 0.2) is 59.9 Å². The lowest BCUT2D eigenvalue weighted by Gasteiger charge is -2.25. The predicted molar refractivity (Wildman–Crippen MR) is 155 cm³/mol. The summed E-state index contributed by atoms with van der Waals surface area (Å²) < 4.78 is 25.9. The first kappa shape index (κ1) is 27.5. The Morgan fingerprint density at radius 1 is 1.20 bits per heavy atom. The van der Waals surface area contributed by atoms with Crippen LogP contribution in [0.2, 0.25) is 5.02 Å². The quantitative estimate of drug-likeness (QED) is 0.145. The third kappa shape index (κ3) is 6.04. The topological polar surface area (TPSA) is 103 Å². The number of hydrogen-bond acceptors (Lipinski definition) is 6. The fraction of sp³-hybridized carbons (Fsp3) is 0.300. The molecule has 0 unspecified atom stereocenters. The lowest BCUT2D eigenvalue weighted by atomic mass is 9.95. The van der Waals surface area contributed by atoms with Gasteiger partial charge in [-0.3, -0.25) is 0 Å². The van der Waals surface area contributed by atoms with E-state index in [2.05, 4.69) is 26.2 Å². The Hall–Kier alpha value is -4.11. The fourth-order valence-electron chi connectivity index (χ4n) is 5.01. The molecule has 0 saturated heterocycles. The molecule has 2 aromatic carbocycles. The van der Waals surface area contributed by atoms with Gasteiger partial charge in [-0.25, -0.2) is 18.7 Å². The van der Waals surface area contributed by atoms with E-state index >= 15 is 0 Å². The van der Waals surface area contributed by atoms with Crippen molar-refractivity contribution in [2.75, 3.05) is 19.0 Å². The minimum Gasteiger partial charge on any atom is -0.482 e. The van der Waals surface area contributed by atoms with Crippen LogP contribution in [-0.2, 0) is 9.53 Å². The van der Waals surface area contributed by atoms with E-state index in [0.29, 0.717) is 16.3 Å². The summed E-state index contributed by atoms with van der Waals surface area (Å²) in [5.41, 5.74) is 11.9. The molecular weight excluding hydrogens is 533 g/mol. The smallest absolute Gasteiger partial charge is 0.343 e. The number of aryl methyl sites for hydroxylation is 1. The maximum absolute atomic E-state index is 13.9. The van der Waals surface area contributed by atoms with Gasteiger partial charge in [-0.05, 0) is 61.2 Å². The average molecular weight is 564 g/mol. The highest BCUT2D eigenvalue weighted by molar-refractivity contribution is 6.33. The zero-order chi connectivity index (χ0) is 28.2. The van der Waals surface area contributed by atoms with Crippen LogP contribution in [0, 0.1) is 12.7 Å². The second-order valence-corrected chi connectivity index (χ2v) is 10.3. The number of rotatable bonds is 8. The number of ether oxygens (including phenoxy) is 2. The molecule has 4 aromatic rings. The van der Waals surface area contributed by atoms with Crippen LogP contribution < -0.4 is 15.8 Å². The third-order valence-electron chi connectivity index (χ3n) is 7.11. The van der Waals surface area contributed by atoms with Crippen LogP contribution in [0.3, 0.4) is 0 Å². The molecule has 8 nitrogen and oxygen atoms in total. The van der Waals surface area contributed by atoms with Crippen LogP contribution in [0.25, 0.3) is 16.6 Å². The highest BCUT2D eigenvalue weighted by atomic mass is 35.5. The van der Waals surface area contributed by atoms with Crippen molar-refractivity contribution in [3.8, 4) is 16.9 Å². The number of carbonyl (C=O) groups excluding carboxylic acids is 1. The number of benzene rings is 2. The number of fused-ring (bicyclic) bond motifs is 1. The Kier molecular flexibility index (Phi) is 8.21. The molecule has 40 heavy (non-hydrogen) atoms. The molecule has 10 heteroatoms. The van der Waals surface area contributed by atoms with Gasteiger partial charge in [0.15, 0.2) is 6.61 Å². The number of anilines is 1. The Morgan fingerprint density at radius 2 is 2.00 bits per heavy atom. The number of nitrogens with one attached hydrogen (secondary N) is 1. The Morgan fingerprint density at radius 3 is 2.75 bits per heavy atom. The molecule has 0 bridgehead atoms. The lowest BCUT2D eigenvalue weighted by Crippen LogP contribution is -2.25. The van der Waals surface area contributed by atoms with Crippen LogP contribution in [0.1, 0.15) is 43.2 Å². The highest BCUT2D eigenvalue weighted by Crippen LogP contribution is 2.34. The summed E-state index contributed by atoms with van der Waals surface area (Å²) in [4.78, 5) is 15.9. The van der Waals surface area contributed by atoms with Crippen LogP contribution in [-0.4, -0.2) is 41.2 Å². The summed E-state index contributed by atoms with van der Waals surface area (Å²) in [6.07, 6.45) is 9.29. The summed E-state index contributed by atoms with van der Waals surface area (Å²) in [5.74, 6) is -0.122. The second kappa shape index (κ2) is 12.0. The average Bonchev–Trinajstić information content (AvgIpc) is 3.39. The SMILES string of the molecule is COC(=O)COc1ccc(-c2cc3c(NC4CCCCC4)c(C(N)=Nc4cc(F)ccc4Cl)cnn3c2)c(C)c1. The van der Waals surface area contributed by atoms with Crippen LogP contribution >= 0.6 is 11.6 Å². The van der Waals surface area contributed by atoms with Gasteiger partial charge in [-0.15, -0.1) is 0 Å². The minimum absolute atomic E-state index is 0.155. The Labute approximate surface area is 237 Å². The van der Waals surface area contributed by atoms with Gasteiger partial charge in [0.2, 0.25) is 0 Å². The van der Waals surface area contributed by atoms with Crippen LogP contribution in [0.5, 0.6) is 5.75 Å². The maximum Gasteiger partial charge on any atom is 0.343 e. The molecule has 1 aliphatic carbocycles. The van der Waals surface area contributed by atoms with Crippen molar-refractivity contribution < 1.29 is 18.7 Å². The van der Waals surface area contributed by atoms with Gasteiger partial charge < -0.3 is 20.5 Å². The van der Waals surface area contributed by atoms with Gasteiger partial charge in [0.1, 0.15) is 17.4 Å². The van der Waals surface area contributed by atoms with Crippen molar-refractivity contribution in [2.24, 2.45) is 10.7 Å². The van der Waals surface area contributed by atoms with E-state index in [1.165, 1.54) is 31.7 Å². The van der Waals surface area contributed by atoms with Crippen molar-refractivity contribution in [1.82, 2.24) is 9.61 Å². The Balaban J connectivity index is 1.55.